The Morgan fingerprint density at radius 2 is 0.922 bits per heavy atom. The number of carbonyl (C=O) groups is 5. The molecule has 102 heavy (non-hydrogen) atoms. The van der Waals surface area contributed by atoms with E-state index in [0.717, 1.165) is 95.5 Å². The minimum Gasteiger partial charge on any atom is -0.480 e. The number of anilines is 7. The fourth-order valence-electron chi connectivity index (χ4n) is 11.9. The maximum atomic E-state index is 12.0. The standard InChI is InChI=1S/C14H17N7OS.C13H15N7OS.C12H15N5O2.C11H15N3O3.C10H13N3O3.C2H6N2S/c1-8-17-11(22-19-8)7-21-5-4-10-12(18-14(15-2)23-10)9-6-16-20(3)13(9)21;1-7-16-10(21-19-7)6-20-4-3-9-11(17-13(14-2)22-9)8-5-15-18-12(8)20;1-8-14-11(19-15-8)7-17-5-3-4-10(18)9-6-13-16(2)12(9)17;1-13-11-8(6-12-13)9(15)4-3-5-14(11)7-10(16)17-2;1-12-10-7(5-11-12)8(14)3-2-4-13(10)6-9(15)16;1-4-2(3)5/h6H,4-5,7H2,1-3H3,(H,15,18);5H,3-4,6H2,1-2H3,(H,14,17)(H,15,18);6H,3-5,7H2,1-2H3;6H,3-5,7H2,1-2H3;5H,2-4,6H2,1H3,(H,15,16);1H3,(H3,3,4,5). The quantitative estimate of drug-likeness (QED) is 0.0701. The molecular formula is C62H81N27O10S3. The number of nitrogens with zero attached hydrogens (tertiary/aromatic N) is 22. The first-order valence-electron chi connectivity index (χ1n) is 32.5. The molecule has 40 heteroatoms. The van der Waals surface area contributed by atoms with E-state index in [2.05, 4.69) is 114 Å². The molecule has 0 saturated carbocycles. The number of fused-ring (bicyclic) bond motifs is 9. The van der Waals surface area contributed by atoms with Crippen LogP contribution in [-0.4, -0.2) is 203 Å². The van der Waals surface area contributed by atoms with Crippen LogP contribution < -0.4 is 46.2 Å². The monoisotopic (exact) mass is 1460 g/mol. The summed E-state index contributed by atoms with van der Waals surface area (Å²) >= 11 is 7.75. The molecule has 0 aromatic carbocycles. The molecule has 0 spiro atoms. The number of nitrogens with one attached hydrogen (secondary N) is 4. The minimum absolute atomic E-state index is 0.0380. The van der Waals surface area contributed by atoms with Crippen LogP contribution >= 0.6 is 34.9 Å². The minimum atomic E-state index is -0.901. The number of aromatic amines is 1. The Morgan fingerprint density at radius 3 is 1.32 bits per heavy atom. The Morgan fingerprint density at radius 1 is 0.549 bits per heavy atom. The number of ether oxygens (including phenoxy) is 1. The molecule has 0 atom stereocenters. The SMILES string of the molecule is CNC(N)=S.CNc1nc2c(s1)CCN(Cc1nc(C)no1)c1[nH]ncc1-2.CNc1nc2c(s1)CCN(Cc1nc(C)no1)c1c-2cnn1C.COC(=O)CN1CCCC(=O)c2cnn(C)c21.Cc1noc(CN2CCCC(=O)c3cnn(C)c32)n1.Cn1ncc2c1N(CC(=O)O)CCCC2=O. The smallest absolute Gasteiger partial charge is 0.325 e. The number of thiocarbonyl (C=S) groups is 1. The van der Waals surface area contributed by atoms with Gasteiger partial charge in [0.25, 0.3) is 0 Å². The number of nitrogens with two attached hydrogens (primary N) is 1. The maximum Gasteiger partial charge on any atom is 0.325 e. The van der Waals surface area contributed by atoms with Gasteiger partial charge in [0.05, 0.1) is 96.9 Å². The van der Waals surface area contributed by atoms with Crippen molar-refractivity contribution in [2.24, 2.45) is 33.9 Å². The summed E-state index contributed by atoms with van der Waals surface area (Å²) in [6.45, 7) is 10.8. The first kappa shape index (κ1) is 73.7. The van der Waals surface area contributed by atoms with E-state index >= 15 is 0 Å². The summed E-state index contributed by atoms with van der Waals surface area (Å²) in [4.78, 5) is 92.3. The molecule has 5 aliphatic rings. The second-order valence-electron chi connectivity index (χ2n) is 23.7. The fraction of sp³-hybridized carbons (Fsp3) is 0.468. The number of methoxy groups -OCH3 is 1. The highest BCUT2D eigenvalue weighted by atomic mass is 32.1. The molecule has 0 fully saturated rings. The molecule has 37 nitrogen and oxygen atoms in total. The molecule has 10 aromatic heterocycles. The van der Waals surface area contributed by atoms with Crippen LogP contribution in [0.15, 0.2) is 44.6 Å². The second-order valence-corrected chi connectivity index (χ2v) is 26.3. The van der Waals surface area contributed by atoms with E-state index in [-0.39, 0.29) is 36.4 Å². The lowest BCUT2D eigenvalue weighted by atomic mass is 10.1. The number of aryl methyl sites for hydroxylation is 7. The number of hydrogen-bond acceptors (Lipinski definition) is 32. The average molecular weight is 1460 g/mol. The van der Waals surface area contributed by atoms with Gasteiger partial charge in [-0.05, 0) is 52.3 Å². The van der Waals surface area contributed by atoms with E-state index < -0.39 is 5.97 Å². The highest BCUT2D eigenvalue weighted by Gasteiger charge is 2.32. The molecular weight excluding hydrogens is 1380 g/mol. The van der Waals surface area contributed by atoms with Crippen LogP contribution in [0.3, 0.4) is 0 Å². The number of Topliss-reactive ketones (excluding diaryl/α,β-unsaturated/α-hetero) is 3. The lowest BCUT2D eigenvalue weighted by molar-refractivity contribution is -0.139. The van der Waals surface area contributed by atoms with E-state index in [1.807, 2.05) is 64.0 Å². The third-order valence-corrected chi connectivity index (χ3v) is 19.0. The van der Waals surface area contributed by atoms with Gasteiger partial charge in [0.2, 0.25) is 17.7 Å². The lowest BCUT2D eigenvalue weighted by Gasteiger charge is -2.22. The van der Waals surface area contributed by atoms with E-state index in [1.165, 1.54) is 23.1 Å². The zero-order chi connectivity index (χ0) is 72.9. The van der Waals surface area contributed by atoms with Crippen molar-refractivity contribution < 1.29 is 47.4 Å². The van der Waals surface area contributed by atoms with Crippen molar-refractivity contribution in [1.29, 1.82) is 0 Å². The summed E-state index contributed by atoms with van der Waals surface area (Å²) in [5, 5.41) is 55.2. The molecule has 542 valence electrons. The number of carbonyl (C=O) groups excluding carboxylic acids is 4. The predicted molar refractivity (Wildman–Crippen MR) is 381 cm³/mol. The number of rotatable bonds is 12. The molecule has 10 aromatic rings. The molecule has 5 aliphatic heterocycles. The van der Waals surface area contributed by atoms with Crippen LogP contribution in [0.2, 0.25) is 0 Å². The van der Waals surface area contributed by atoms with Crippen LogP contribution in [0.4, 0.5) is 39.4 Å². The molecule has 0 amide bonds. The van der Waals surface area contributed by atoms with Crippen molar-refractivity contribution in [2.75, 3.05) is 109 Å². The fourth-order valence-corrected chi connectivity index (χ4v) is 13.8. The summed E-state index contributed by atoms with van der Waals surface area (Å²) in [5.74, 6) is 6.88. The number of hydrogen-bond donors (Lipinski definition) is 6. The predicted octanol–water partition coefficient (Wildman–Crippen LogP) is 4.88. The average Bonchev–Trinajstić information content (AvgIpc) is 1.65. The summed E-state index contributed by atoms with van der Waals surface area (Å²) in [5.41, 5.74) is 10.8. The third kappa shape index (κ3) is 17.6. The Hall–Kier alpha value is -11.0. The number of esters is 1. The maximum absolute atomic E-state index is 12.0. The van der Waals surface area contributed by atoms with Gasteiger partial charge in [0, 0.05) is 124 Å². The van der Waals surface area contributed by atoms with Crippen LogP contribution in [0.1, 0.15) is 114 Å². The van der Waals surface area contributed by atoms with Crippen LogP contribution in [0.5, 0.6) is 0 Å². The Labute approximate surface area is 598 Å². The molecule has 0 unspecified atom stereocenters. The van der Waals surface area contributed by atoms with Gasteiger partial charge in [0.15, 0.2) is 50.2 Å². The van der Waals surface area contributed by atoms with E-state index in [0.29, 0.717) is 127 Å². The number of carboxylic acid groups (broad SMARTS) is 1. The first-order valence-corrected chi connectivity index (χ1v) is 34.5. The van der Waals surface area contributed by atoms with Gasteiger partial charge in [-0.1, -0.05) is 15.5 Å². The summed E-state index contributed by atoms with van der Waals surface area (Å²) in [6, 6.07) is 0. The number of thiazole rings is 2. The molecule has 0 bridgehead atoms. The molecule has 15 rings (SSSR count). The topological polar surface area (TPSA) is 436 Å². The first-order chi connectivity index (χ1) is 49.0. The number of ketones is 3. The molecule has 0 radical (unpaired) electrons. The number of carboxylic acids is 1. The number of aromatic nitrogens is 18. The largest absolute Gasteiger partial charge is 0.480 e. The van der Waals surface area contributed by atoms with Crippen molar-refractivity contribution in [1.82, 2.24) is 95.0 Å². The van der Waals surface area contributed by atoms with Gasteiger partial charge in [0.1, 0.15) is 42.2 Å². The lowest BCUT2D eigenvalue weighted by Crippen LogP contribution is -2.32. The number of H-pyrrole nitrogens is 1. The molecule has 0 aliphatic carbocycles. The van der Waals surface area contributed by atoms with Crippen molar-refractivity contribution in [3.63, 3.8) is 0 Å². The number of aliphatic carboxylic acids is 1. The van der Waals surface area contributed by atoms with Crippen molar-refractivity contribution >= 4 is 109 Å². The second kappa shape index (κ2) is 33.4. The summed E-state index contributed by atoms with van der Waals surface area (Å²) < 4.78 is 27.1. The van der Waals surface area contributed by atoms with Crippen LogP contribution in [-0.2, 0) is 75.0 Å². The van der Waals surface area contributed by atoms with Gasteiger partial charge in [-0.15, -0.1) is 22.7 Å². The van der Waals surface area contributed by atoms with E-state index in [9.17, 15) is 24.0 Å². The van der Waals surface area contributed by atoms with E-state index in [1.54, 1.807) is 82.1 Å². The summed E-state index contributed by atoms with van der Waals surface area (Å²) in [6.07, 6.45) is 14.0. The third-order valence-electron chi connectivity index (χ3n) is 16.5. The van der Waals surface area contributed by atoms with Gasteiger partial charge in [-0.3, -0.25) is 47.8 Å². The van der Waals surface area contributed by atoms with Gasteiger partial charge in [-0.25, -0.2) is 9.97 Å². The zero-order valence-corrected chi connectivity index (χ0v) is 60.8. The highest BCUT2D eigenvalue weighted by molar-refractivity contribution is 7.80. The van der Waals surface area contributed by atoms with Gasteiger partial charge < -0.3 is 69.6 Å². The van der Waals surface area contributed by atoms with Crippen LogP contribution in [0, 0.1) is 20.8 Å². The zero-order valence-electron chi connectivity index (χ0n) is 58.4. The molecule has 0 saturated heterocycles. The normalized spacial score (nSPS) is 14.3. The van der Waals surface area contributed by atoms with Crippen molar-refractivity contribution in [2.45, 2.75) is 91.8 Å². The summed E-state index contributed by atoms with van der Waals surface area (Å²) in [7, 11) is 14.1. The van der Waals surface area contributed by atoms with Crippen molar-refractivity contribution in [3.8, 4) is 22.5 Å². The van der Waals surface area contributed by atoms with Gasteiger partial charge >= 0.3 is 11.9 Å². The van der Waals surface area contributed by atoms with Crippen molar-refractivity contribution in [3.05, 3.63) is 92.6 Å². The Balaban J connectivity index is 0.000000136. The Bertz CT molecular complexity index is 4570. The molecule has 15 heterocycles. The van der Waals surface area contributed by atoms with Gasteiger partial charge in [-0.2, -0.15) is 40.4 Å². The molecule has 7 N–H and O–H groups in total. The van der Waals surface area contributed by atoms with Crippen LogP contribution in [0.25, 0.3) is 22.5 Å². The van der Waals surface area contributed by atoms with E-state index in [4.69, 9.17) is 29.4 Å². The highest BCUT2D eigenvalue weighted by Crippen LogP contribution is 2.41. The Kier molecular flexibility index (Phi) is 24.1.